The Bertz CT molecular complexity index is 2570. The number of fused-ring (bicyclic) bond motifs is 2. The maximum absolute atomic E-state index is 15.6. The summed E-state index contributed by atoms with van der Waals surface area (Å²) < 4.78 is 124. The van der Waals surface area contributed by atoms with Crippen LogP contribution in [-0.2, 0) is 6.42 Å². The van der Waals surface area contributed by atoms with Crippen molar-refractivity contribution in [3.8, 4) is 33.4 Å². The minimum absolute atomic E-state index is 0.260. The smallest absolute Gasteiger partial charge is 0.170 e. The van der Waals surface area contributed by atoms with E-state index in [1.165, 1.54) is 71.8 Å². The molecule has 1 aliphatic heterocycles. The van der Waals surface area contributed by atoms with Gasteiger partial charge in [0.1, 0.15) is 0 Å². The zero-order valence-corrected chi connectivity index (χ0v) is 33.7. The molecule has 0 aliphatic carbocycles. The molecule has 308 valence electrons. The van der Waals surface area contributed by atoms with Gasteiger partial charge in [-0.25, -0.2) is 35.1 Å². The lowest BCUT2D eigenvalue weighted by Crippen LogP contribution is -2.29. The van der Waals surface area contributed by atoms with E-state index in [0.717, 1.165) is 49.0 Å². The number of rotatable bonds is 12. The molecule has 60 heavy (non-hydrogen) atoms. The Balaban J connectivity index is 1.17. The highest BCUT2D eigenvalue weighted by molar-refractivity contribution is 5.80. The molecule has 6 aromatic carbocycles. The summed E-state index contributed by atoms with van der Waals surface area (Å²) >= 11 is 0. The maximum Gasteiger partial charge on any atom is 0.170 e. The van der Waals surface area contributed by atoms with Gasteiger partial charge in [0.2, 0.25) is 0 Å². The molecular formula is C51H43F8N. The van der Waals surface area contributed by atoms with Crippen LogP contribution >= 0.6 is 0 Å². The van der Waals surface area contributed by atoms with Crippen molar-refractivity contribution in [3.05, 3.63) is 171 Å². The third kappa shape index (κ3) is 8.02. The lowest BCUT2D eigenvalue weighted by atomic mass is 9.90. The fourth-order valence-electron chi connectivity index (χ4n) is 8.01. The van der Waals surface area contributed by atoms with Gasteiger partial charge in [-0.1, -0.05) is 124 Å². The molecule has 0 radical (unpaired) electrons. The van der Waals surface area contributed by atoms with Crippen LogP contribution in [0.5, 0.6) is 0 Å². The first-order chi connectivity index (χ1) is 28.9. The number of allylic oxidation sites excluding steroid dienone is 1. The Morgan fingerprint density at radius 2 is 0.950 bits per heavy atom. The standard InChI is InChI=1S/C51H43F8N/c1-5-8-10-30(7-3)28-60-38-23-17-32(9-6-2)25-36(38)27-37-26-33(18-24-39(37)60)14-13-31-15-21-35(22-16-31)41-46(54)50(58)43(51(59)47(41)55)42-48(56)44(52)40(45(53)49(42)57)34-19-11-29(4)12-20-34/h6,9,11-26,30H,5,7-8,10,27-28H2,1-4H3/b9-6+,14-13+. The average molecular weight is 822 g/mol. The number of hydrogen-bond donors (Lipinski definition) is 0. The van der Waals surface area contributed by atoms with Crippen LogP contribution < -0.4 is 4.90 Å². The maximum atomic E-state index is 15.6. The molecular weight excluding hydrogens is 779 g/mol. The summed E-state index contributed by atoms with van der Waals surface area (Å²) in [6, 6.07) is 23.6. The Hall–Kier alpha value is -5.96. The van der Waals surface area contributed by atoms with E-state index in [1.807, 2.05) is 25.1 Å². The van der Waals surface area contributed by atoms with Gasteiger partial charge in [0.15, 0.2) is 46.5 Å². The van der Waals surface area contributed by atoms with Gasteiger partial charge in [0.05, 0.1) is 22.3 Å². The Kier molecular flexibility index (Phi) is 12.5. The summed E-state index contributed by atoms with van der Waals surface area (Å²) in [5.41, 5.74) is 1.47. The third-order valence-corrected chi connectivity index (χ3v) is 11.3. The summed E-state index contributed by atoms with van der Waals surface area (Å²) in [7, 11) is 0. The van der Waals surface area contributed by atoms with Crippen molar-refractivity contribution in [3.63, 3.8) is 0 Å². The van der Waals surface area contributed by atoms with Crippen LogP contribution in [0, 0.1) is 59.4 Å². The van der Waals surface area contributed by atoms with E-state index in [-0.39, 0.29) is 11.1 Å². The van der Waals surface area contributed by atoms with E-state index in [0.29, 0.717) is 17.0 Å². The molecule has 1 heterocycles. The third-order valence-electron chi connectivity index (χ3n) is 11.3. The Labute approximate surface area is 345 Å². The van der Waals surface area contributed by atoms with Gasteiger partial charge >= 0.3 is 0 Å². The summed E-state index contributed by atoms with van der Waals surface area (Å²) in [5, 5.41) is 0. The number of nitrogens with zero attached hydrogens (tertiary/aromatic N) is 1. The van der Waals surface area contributed by atoms with E-state index in [1.54, 1.807) is 13.0 Å². The molecule has 9 heteroatoms. The Morgan fingerprint density at radius 1 is 0.533 bits per heavy atom. The van der Waals surface area contributed by atoms with Gasteiger partial charge in [-0.05, 0) is 89.4 Å². The van der Waals surface area contributed by atoms with E-state index >= 15 is 35.1 Å². The van der Waals surface area contributed by atoms with Crippen LogP contribution in [-0.4, -0.2) is 6.54 Å². The molecule has 1 nitrogen and oxygen atoms in total. The normalized spacial score (nSPS) is 13.0. The molecule has 0 N–H and O–H groups in total. The minimum Gasteiger partial charge on any atom is -0.341 e. The molecule has 1 atom stereocenters. The molecule has 0 spiro atoms. The van der Waals surface area contributed by atoms with Crippen LogP contribution in [0.3, 0.4) is 0 Å². The van der Waals surface area contributed by atoms with Crippen LogP contribution in [0.1, 0.15) is 79.8 Å². The first-order valence-electron chi connectivity index (χ1n) is 20.1. The fourth-order valence-corrected chi connectivity index (χ4v) is 8.01. The second-order valence-corrected chi connectivity index (χ2v) is 15.3. The van der Waals surface area contributed by atoms with Crippen molar-refractivity contribution in [2.24, 2.45) is 5.92 Å². The molecule has 0 aromatic heterocycles. The number of aryl methyl sites for hydroxylation is 1. The number of benzene rings is 6. The molecule has 0 saturated heterocycles. The van der Waals surface area contributed by atoms with Crippen molar-refractivity contribution in [2.75, 3.05) is 11.4 Å². The average Bonchev–Trinajstić information content (AvgIpc) is 3.25. The van der Waals surface area contributed by atoms with E-state index < -0.39 is 68.8 Å². The molecule has 7 rings (SSSR count). The summed E-state index contributed by atoms with van der Waals surface area (Å²) in [5.74, 6) is -16.3. The first-order valence-corrected chi connectivity index (χ1v) is 20.1. The van der Waals surface area contributed by atoms with Crippen LogP contribution in [0.2, 0.25) is 0 Å². The van der Waals surface area contributed by atoms with E-state index in [4.69, 9.17) is 0 Å². The summed E-state index contributed by atoms with van der Waals surface area (Å²) in [6.45, 7) is 9.03. The molecule has 0 amide bonds. The monoisotopic (exact) mass is 821 g/mol. The number of unbranched alkanes of at least 4 members (excludes halogenated alkanes) is 1. The molecule has 0 saturated carbocycles. The van der Waals surface area contributed by atoms with Crippen molar-refractivity contribution in [1.29, 1.82) is 0 Å². The SMILES string of the molecule is C/C=C/c1ccc2c(c1)Cc1cc(/C=C/c3ccc(-c4c(F)c(F)c(-c5c(F)c(F)c(-c6ccc(C)cc6)c(F)c5F)c(F)c4F)cc3)ccc1N2CC(CC)CCCC. The van der Waals surface area contributed by atoms with Gasteiger partial charge in [-0.2, -0.15) is 0 Å². The van der Waals surface area contributed by atoms with Crippen LogP contribution in [0.25, 0.3) is 51.6 Å². The number of anilines is 2. The van der Waals surface area contributed by atoms with Gasteiger partial charge in [-0.3, -0.25) is 0 Å². The second kappa shape index (κ2) is 17.7. The lowest BCUT2D eigenvalue weighted by molar-refractivity contribution is 0.446. The second-order valence-electron chi connectivity index (χ2n) is 15.3. The largest absolute Gasteiger partial charge is 0.341 e. The van der Waals surface area contributed by atoms with Crippen molar-refractivity contribution >= 4 is 29.6 Å². The van der Waals surface area contributed by atoms with Crippen molar-refractivity contribution < 1.29 is 35.1 Å². The zero-order valence-electron chi connectivity index (χ0n) is 33.7. The highest BCUT2D eigenvalue weighted by Gasteiger charge is 2.35. The first kappa shape index (κ1) is 42.2. The molecule has 0 fully saturated rings. The van der Waals surface area contributed by atoms with Gasteiger partial charge < -0.3 is 4.90 Å². The predicted octanol–water partition coefficient (Wildman–Crippen LogP) is 15.6. The number of hydrogen-bond acceptors (Lipinski definition) is 1. The zero-order chi connectivity index (χ0) is 42.8. The van der Waals surface area contributed by atoms with E-state index in [2.05, 4.69) is 55.2 Å². The highest BCUT2D eigenvalue weighted by atomic mass is 19.2. The molecule has 0 bridgehead atoms. The van der Waals surface area contributed by atoms with Crippen molar-refractivity contribution in [1.82, 2.24) is 0 Å². The quantitative estimate of drug-likeness (QED) is 0.0675. The minimum atomic E-state index is -2.22. The van der Waals surface area contributed by atoms with Crippen molar-refractivity contribution in [2.45, 2.75) is 59.8 Å². The summed E-state index contributed by atoms with van der Waals surface area (Å²) in [4.78, 5) is 2.44. The topological polar surface area (TPSA) is 3.24 Å². The van der Waals surface area contributed by atoms with E-state index in [9.17, 15) is 0 Å². The molecule has 1 aliphatic rings. The van der Waals surface area contributed by atoms with Gasteiger partial charge in [0.25, 0.3) is 0 Å². The van der Waals surface area contributed by atoms with Gasteiger partial charge in [0, 0.05) is 24.3 Å². The molecule has 6 aromatic rings. The van der Waals surface area contributed by atoms with Crippen LogP contribution in [0.15, 0.2) is 91.0 Å². The van der Waals surface area contributed by atoms with Gasteiger partial charge in [-0.15, -0.1) is 0 Å². The molecule has 1 unspecified atom stereocenters. The summed E-state index contributed by atoms with van der Waals surface area (Å²) in [6.07, 6.45) is 13.1. The lowest BCUT2D eigenvalue weighted by Gasteiger charge is -2.36. The highest BCUT2D eigenvalue weighted by Crippen LogP contribution is 2.44. The number of halogens is 8. The van der Waals surface area contributed by atoms with Crippen LogP contribution in [0.4, 0.5) is 46.5 Å². The fraction of sp³-hybridized carbons (Fsp3) is 0.216. The predicted molar refractivity (Wildman–Crippen MR) is 227 cm³/mol. The Morgan fingerprint density at radius 3 is 1.40 bits per heavy atom.